The summed E-state index contributed by atoms with van der Waals surface area (Å²) in [5.74, 6) is -2.18. The second-order valence-electron chi connectivity index (χ2n) is 4.86. The maximum Gasteiger partial charge on any atom is 0.329 e. The van der Waals surface area contributed by atoms with Crippen LogP contribution >= 0.6 is 0 Å². The van der Waals surface area contributed by atoms with Crippen LogP contribution in [-0.2, 0) is 9.59 Å². The molecule has 1 fully saturated rings. The number of rotatable bonds is 5. The minimum Gasteiger partial charge on any atom is -0.481 e. The standard InChI is InChI=1S/C14H16FNO4/c15-10-5-1-2-6-11(10)20-9-12(17)16-14(13(18)19)7-3-4-8-14/h1-2,5-6H,3-4,7-9H2,(H,16,17)(H,18,19). The number of amides is 1. The minimum absolute atomic E-state index is 0.0292. The van der Waals surface area contributed by atoms with Gasteiger partial charge in [0.1, 0.15) is 5.54 Å². The largest absolute Gasteiger partial charge is 0.481 e. The van der Waals surface area contributed by atoms with Crippen LogP contribution in [0.2, 0.25) is 0 Å². The number of halogens is 1. The molecule has 2 N–H and O–H groups in total. The molecule has 1 aromatic rings. The van der Waals surface area contributed by atoms with E-state index >= 15 is 0 Å². The minimum atomic E-state index is -1.20. The van der Waals surface area contributed by atoms with Gasteiger partial charge in [0.25, 0.3) is 5.91 Å². The van der Waals surface area contributed by atoms with Gasteiger partial charge in [-0.3, -0.25) is 4.79 Å². The average molecular weight is 281 g/mol. The van der Waals surface area contributed by atoms with Gasteiger partial charge < -0.3 is 15.2 Å². The van der Waals surface area contributed by atoms with E-state index in [1.165, 1.54) is 18.2 Å². The molecule has 1 aliphatic carbocycles. The molecule has 1 amide bonds. The number of carboxylic acids is 1. The van der Waals surface area contributed by atoms with Crippen molar-refractivity contribution in [3.63, 3.8) is 0 Å². The zero-order valence-electron chi connectivity index (χ0n) is 10.9. The first kappa shape index (κ1) is 14.3. The van der Waals surface area contributed by atoms with Gasteiger partial charge in [0.2, 0.25) is 0 Å². The molecule has 0 aliphatic heterocycles. The molecule has 1 aliphatic rings. The van der Waals surface area contributed by atoms with Gasteiger partial charge in [0, 0.05) is 0 Å². The molecule has 108 valence electrons. The summed E-state index contributed by atoms with van der Waals surface area (Å²) >= 11 is 0. The van der Waals surface area contributed by atoms with Gasteiger partial charge in [0.05, 0.1) is 0 Å². The van der Waals surface area contributed by atoms with E-state index in [2.05, 4.69) is 5.32 Å². The molecule has 5 nitrogen and oxygen atoms in total. The molecular weight excluding hydrogens is 265 g/mol. The van der Waals surface area contributed by atoms with E-state index in [0.29, 0.717) is 12.8 Å². The molecule has 0 saturated heterocycles. The third-order valence-corrected chi connectivity index (χ3v) is 3.44. The number of aliphatic carboxylic acids is 1. The van der Waals surface area contributed by atoms with Crippen molar-refractivity contribution in [1.82, 2.24) is 5.32 Å². The van der Waals surface area contributed by atoms with Crippen molar-refractivity contribution in [2.24, 2.45) is 0 Å². The zero-order valence-corrected chi connectivity index (χ0v) is 10.9. The molecule has 0 atom stereocenters. The highest BCUT2D eigenvalue weighted by Gasteiger charge is 2.42. The maximum absolute atomic E-state index is 13.3. The average Bonchev–Trinajstić information content (AvgIpc) is 2.88. The van der Waals surface area contributed by atoms with Crippen LogP contribution in [0.4, 0.5) is 4.39 Å². The maximum atomic E-state index is 13.3. The van der Waals surface area contributed by atoms with Crippen LogP contribution in [-0.4, -0.2) is 29.1 Å². The molecule has 0 unspecified atom stereocenters. The van der Waals surface area contributed by atoms with Gasteiger partial charge in [-0.05, 0) is 25.0 Å². The van der Waals surface area contributed by atoms with E-state index in [1.54, 1.807) is 6.07 Å². The van der Waals surface area contributed by atoms with E-state index in [-0.39, 0.29) is 5.75 Å². The van der Waals surface area contributed by atoms with Gasteiger partial charge in [0.15, 0.2) is 18.2 Å². The number of hydrogen-bond donors (Lipinski definition) is 2. The van der Waals surface area contributed by atoms with Gasteiger partial charge in [-0.2, -0.15) is 0 Å². The normalized spacial score (nSPS) is 16.6. The highest BCUT2D eigenvalue weighted by Crippen LogP contribution is 2.29. The van der Waals surface area contributed by atoms with Gasteiger partial charge in [-0.1, -0.05) is 25.0 Å². The van der Waals surface area contributed by atoms with E-state index < -0.39 is 29.8 Å². The summed E-state index contributed by atoms with van der Waals surface area (Å²) in [4.78, 5) is 23.0. The van der Waals surface area contributed by atoms with Gasteiger partial charge in [-0.25, -0.2) is 9.18 Å². The summed E-state index contributed by atoms with van der Waals surface area (Å²) in [7, 11) is 0. The molecule has 0 heterocycles. The molecule has 1 saturated carbocycles. The van der Waals surface area contributed by atoms with Gasteiger partial charge >= 0.3 is 5.97 Å². The van der Waals surface area contributed by atoms with Crippen LogP contribution in [0.3, 0.4) is 0 Å². The van der Waals surface area contributed by atoms with Crippen LogP contribution in [0.5, 0.6) is 5.75 Å². The lowest BCUT2D eigenvalue weighted by Gasteiger charge is -2.25. The summed E-state index contributed by atoms with van der Waals surface area (Å²) in [5, 5.41) is 11.7. The highest BCUT2D eigenvalue weighted by molar-refractivity contribution is 5.87. The Morgan fingerprint density at radius 1 is 1.30 bits per heavy atom. The molecule has 0 radical (unpaired) electrons. The molecule has 20 heavy (non-hydrogen) atoms. The fraction of sp³-hybridized carbons (Fsp3) is 0.429. The second-order valence-corrected chi connectivity index (χ2v) is 4.86. The molecular formula is C14H16FNO4. The molecule has 1 aromatic carbocycles. The first-order valence-corrected chi connectivity index (χ1v) is 6.45. The zero-order chi connectivity index (χ0) is 14.6. The number of carbonyl (C=O) groups excluding carboxylic acids is 1. The van der Waals surface area contributed by atoms with Crippen molar-refractivity contribution < 1.29 is 23.8 Å². The number of ether oxygens (including phenoxy) is 1. The predicted octanol–water partition coefficient (Wildman–Crippen LogP) is 1.72. The monoisotopic (exact) mass is 281 g/mol. The summed E-state index contributed by atoms with van der Waals surface area (Å²) < 4.78 is 18.4. The Morgan fingerprint density at radius 2 is 1.95 bits per heavy atom. The Balaban J connectivity index is 1.92. The van der Waals surface area contributed by atoms with Gasteiger partial charge in [-0.15, -0.1) is 0 Å². The van der Waals surface area contributed by atoms with E-state index in [4.69, 9.17) is 4.74 Å². The van der Waals surface area contributed by atoms with Crippen molar-refractivity contribution in [1.29, 1.82) is 0 Å². The molecule has 0 aromatic heterocycles. The first-order chi connectivity index (χ1) is 9.53. The number of nitrogens with one attached hydrogen (secondary N) is 1. The number of benzene rings is 1. The van der Waals surface area contributed by atoms with Crippen LogP contribution in [0.15, 0.2) is 24.3 Å². The first-order valence-electron chi connectivity index (χ1n) is 6.45. The van der Waals surface area contributed by atoms with Crippen molar-refractivity contribution in [2.45, 2.75) is 31.2 Å². The number of carbonyl (C=O) groups is 2. The Bertz CT molecular complexity index is 512. The molecule has 0 spiro atoms. The quantitative estimate of drug-likeness (QED) is 0.861. The summed E-state index contributed by atoms with van der Waals surface area (Å²) in [6, 6.07) is 5.74. The topological polar surface area (TPSA) is 75.6 Å². The van der Waals surface area contributed by atoms with Crippen LogP contribution in [0.1, 0.15) is 25.7 Å². The lowest BCUT2D eigenvalue weighted by molar-refractivity contribution is -0.147. The second kappa shape index (κ2) is 5.90. The van der Waals surface area contributed by atoms with Crippen molar-refractivity contribution in [2.75, 3.05) is 6.61 Å². The van der Waals surface area contributed by atoms with Crippen molar-refractivity contribution >= 4 is 11.9 Å². The molecule has 2 rings (SSSR count). The summed E-state index contributed by atoms with van der Waals surface area (Å²) in [6.45, 7) is -0.407. The fourth-order valence-corrected chi connectivity index (χ4v) is 2.38. The predicted molar refractivity (Wildman–Crippen MR) is 68.9 cm³/mol. The lowest BCUT2D eigenvalue weighted by atomic mass is 9.98. The summed E-state index contributed by atoms with van der Waals surface area (Å²) in [6.07, 6.45) is 2.35. The number of carboxylic acid groups (broad SMARTS) is 1. The fourth-order valence-electron chi connectivity index (χ4n) is 2.38. The van der Waals surface area contributed by atoms with E-state index in [0.717, 1.165) is 12.8 Å². The highest BCUT2D eigenvalue weighted by atomic mass is 19.1. The SMILES string of the molecule is O=C(COc1ccccc1F)NC1(C(=O)O)CCCC1. The Kier molecular flexibility index (Phi) is 4.22. The van der Waals surface area contributed by atoms with Crippen molar-refractivity contribution in [3.05, 3.63) is 30.1 Å². The Hall–Kier alpha value is -2.11. The number of para-hydroxylation sites is 1. The van der Waals surface area contributed by atoms with E-state index in [9.17, 15) is 19.1 Å². The summed E-state index contributed by atoms with van der Waals surface area (Å²) in [5.41, 5.74) is -1.20. The Labute approximate surface area is 115 Å². The molecule has 6 heteroatoms. The van der Waals surface area contributed by atoms with E-state index in [1.807, 2.05) is 0 Å². The third-order valence-electron chi connectivity index (χ3n) is 3.44. The van der Waals surface area contributed by atoms with Crippen LogP contribution < -0.4 is 10.1 Å². The Morgan fingerprint density at radius 3 is 2.55 bits per heavy atom. The van der Waals surface area contributed by atoms with Crippen molar-refractivity contribution in [3.8, 4) is 5.75 Å². The lowest BCUT2D eigenvalue weighted by Crippen LogP contribution is -2.53. The molecule has 0 bridgehead atoms. The van der Waals surface area contributed by atoms with Crippen LogP contribution in [0.25, 0.3) is 0 Å². The smallest absolute Gasteiger partial charge is 0.329 e. The third kappa shape index (κ3) is 3.07. The number of hydrogen-bond acceptors (Lipinski definition) is 3. The van der Waals surface area contributed by atoms with Crippen LogP contribution in [0, 0.1) is 5.82 Å².